The van der Waals surface area contributed by atoms with Gasteiger partial charge in [0.1, 0.15) is 30.9 Å². The molecule has 0 aliphatic carbocycles. The summed E-state index contributed by atoms with van der Waals surface area (Å²) in [6, 6.07) is 10.4. The molecule has 1 aliphatic rings. The maximum atomic E-state index is 12.7. The number of para-hydroxylation sites is 1. The second kappa shape index (κ2) is 6.82. The van der Waals surface area contributed by atoms with Gasteiger partial charge in [0.15, 0.2) is 11.5 Å². The Balaban J connectivity index is 1.42. The van der Waals surface area contributed by atoms with Crippen molar-refractivity contribution in [3.63, 3.8) is 0 Å². The lowest BCUT2D eigenvalue weighted by Gasteiger charge is -2.20. The molecule has 1 amide bonds. The first-order valence-corrected chi connectivity index (χ1v) is 9.23. The van der Waals surface area contributed by atoms with Gasteiger partial charge in [-0.05, 0) is 12.1 Å². The van der Waals surface area contributed by atoms with Gasteiger partial charge in [0, 0.05) is 17.5 Å². The van der Waals surface area contributed by atoms with Gasteiger partial charge in [-0.3, -0.25) is 14.2 Å². The van der Waals surface area contributed by atoms with Crippen LogP contribution < -0.4 is 20.3 Å². The van der Waals surface area contributed by atoms with Crippen LogP contribution in [0.5, 0.6) is 11.5 Å². The highest BCUT2D eigenvalue weighted by Gasteiger charge is 2.18. The minimum Gasteiger partial charge on any atom is -0.486 e. The lowest BCUT2D eigenvalue weighted by Crippen LogP contribution is -2.27. The van der Waals surface area contributed by atoms with E-state index >= 15 is 0 Å². The zero-order valence-corrected chi connectivity index (χ0v) is 15.7. The Labute approximate surface area is 168 Å². The predicted octanol–water partition coefficient (Wildman–Crippen LogP) is 3.21. The molecule has 2 aromatic carbocycles. The SMILES string of the molecule is O=C(Cn1cnc2c(oc3ccccc32)c1=O)Nc1cc2c(cc1Cl)OCCO2. The zero-order chi connectivity index (χ0) is 20.0. The van der Waals surface area contributed by atoms with Crippen molar-refractivity contribution in [3.05, 3.63) is 58.1 Å². The molecule has 0 atom stereocenters. The number of rotatable bonds is 3. The van der Waals surface area contributed by atoms with Crippen LogP contribution in [-0.4, -0.2) is 28.7 Å². The summed E-state index contributed by atoms with van der Waals surface area (Å²) in [5.74, 6) is 0.580. The Morgan fingerprint density at radius 2 is 1.93 bits per heavy atom. The number of furan rings is 1. The van der Waals surface area contributed by atoms with Crippen LogP contribution in [0.4, 0.5) is 5.69 Å². The normalized spacial score (nSPS) is 13.0. The Hall–Kier alpha value is -3.52. The number of carbonyl (C=O) groups is 1. The Morgan fingerprint density at radius 1 is 1.17 bits per heavy atom. The van der Waals surface area contributed by atoms with E-state index in [2.05, 4.69) is 10.3 Å². The number of amides is 1. The van der Waals surface area contributed by atoms with E-state index in [1.165, 1.54) is 10.9 Å². The number of benzene rings is 2. The van der Waals surface area contributed by atoms with Crippen LogP contribution in [0, 0.1) is 0 Å². The molecule has 29 heavy (non-hydrogen) atoms. The quantitative estimate of drug-likeness (QED) is 0.556. The maximum Gasteiger partial charge on any atom is 0.297 e. The van der Waals surface area contributed by atoms with Crippen LogP contribution in [0.15, 0.2) is 51.9 Å². The van der Waals surface area contributed by atoms with E-state index in [9.17, 15) is 9.59 Å². The summed E-state index contributed by atoms with van der Waals surface area (Å²) in [4.78, 5) is 29.5. The molecule has 0 unspecified atom stereocenters. The van der Waals surface area contributed by atoms with E-state index in [1.807, 2.05) is 18.2 Å². The number of fused-ring (bicyclic) bond motifs is 4. The molecule has 0 saturated carbocycles. The van der Waals surface area contributed by atoms with Crippen molar-refractivity contribution in [1.82, 2.24) is 9.55 Å². The number of halogens is 1. The number of ether oxygens (including phenoxy) is 2. The molecular weight excluding hydrogens is 398 g/mol. The van der Waals surface area contributed by atoms with Crippen molar-refractivity contribution in [3.8, 4) is 11.5 Å². The first-order valence-electron chi connectivity index (χ1n) is 8.86. The fourth-order valence-corrected chi connectivity index (χ4v) is 3.43. The third kappa shape index (κ3) is 3.07. The third-order valence-electron chi connectivity index (χ3n) is 4.57. The van der Waals surface area contributed by atoms with Gasteiger partial charge < -0.3 is 19.2 Å². The van der Waals surface area contributed by atoms with Crippen molar-refractivity contribution >= 4 is 45.3 Å². The minimum atomic E-state index is -0.442. The molecule has 4 aromatic rings. The summed E-state index contributed by atoms with van der Waals surface area (Å²) < 4.78 is 17.8. The fraction of sp³-hybridized carbons (Fsp3) is 0.150. The van der Waals surface area contributed by atoms with Crippen LogP contribution >= 0.6 is 11.6 Å². The molecule has 146 valence electrons. The second-order valence-corrected chi connectivity index (χ2v) is 6.88. The number of hydrogen-bond donors (Lipinski definition) is 1. The molecule has 9 heteroatoms. The van der Waals surface area contributed by atoms with Gasteiger partial charge in [-0.1, -0.05) is 23.7 Å². The second-order valence-electron chi connectivity index (χ2n) is 6.48. The van der Waals surface area contributed by atoms with Crippen LogP contribution in [0.1, 0.15) is 0 Å². The molecule has 0 fully saturated rings. The molecule has 3 heterocycles. The monoisotopic (exact) mass is 411 g/mol. The summed E-state index contributed by atoms with van der Waals surface area (Å²) >= 11 is 6.22. The third-order valence-corrected chi connectivity index (χ3v) is 4.88. The number of aromatic nitrogens is 2. The van der Waals surface area contributed by atoms with Crippen LogP contribution in [0.2, 0.25) is 5.02 Å². The number of carbonyl (C=O) groups excluding carboxylic acids is 1. The van der Waals surface area contributed by atoms with Crippen LogP contribution in [0.3, 0.4) is 0 Å². The van der Waals surface area contributed by atoms with Crippen molar-refractivity contribution < 1.29 is 18.7 Å². The van der Waals surface area contributed by atoms with E-state index in [4.69, 9.17) is 25.5 Å². The molecule has 1 aliphatic heterocycles. The Kier molecular flexibility index (Phi) is 4.13. The molecule has 0 saturated heterocycles. The van der Waals surface area contributed by atoms with Gasteiger partial charge in [-0.2, -0.15) is 0 Å². The largest absolute Gasteiger partial charge is 0.486 e. The van der Waals surface area contributed by atoms with Crippen molar-refractivity contribution in [2.45, 2.75) is 6.54 Å². The van der Waals surface area contributed by atoms with Gasteiger partial charge in [-0.15, -0.1) is 0 Å². The predicted molar refractivity (Wildman–Crippen MR) is 107 cm³/mol. The van der Waals surface area contributed by atoms with Crippen molar-refractivity contribution in [2.75, 3.05) is 18.5 Å². The zero-order valence-electron chi connectivity index (χ0n) is 15.0. The molecule has 0 spiro atoms. The highest BCUT2D eigenvalue weighted by Crippen LogP contribution is 2.37. The molecular formula is C20H14ClN3O5. The van der Waals surface area contributed by atoms with Crippen LogP contribution in [-0.2, 0) is 11.3 Å². The lowest BCUT2D eigenvalue weighted by molar-refractivity contribution is -0.116. The van der Waals surface area contributed by atoms with E-state index < -0.39 is 11.5 Å². The highest BCUT2D eigenvalue weighted by atomic mass is 35.5. The van der Waals surface area contributed by atoms with Gasteiger partial charge in [0.2, 0.25) is 11.5 Å². The topological polar surface area (TPSA) is 95.6 Å². The first kappa shape index (κ1) is 17.6. The number of nitrogens with zero attached hydrogens (tertiary/aromatic N) is 2. The minimum absolute atomic E-state index is 0.110. The van der Waals surface area contributed by atoms with Gasteiger partial charge in [0.25, 0.3) is 5.56 Å². The summed E-state index contributed by atoms with van der Waals surface area (Å²) in [6.07, 6.45) is 1.33. The van der Waals surface area contributed by atoms with Gasteiger partial charge >= 0.3 is 0 Å². The van der Waals surface area contributed by atoms with Gasteiger partial charge in [0.05, 0.1) is 17.0 Å². The molecule has 1 N–H and O–H groups in total. The Morgan fingerprint density at radius 3 is 2.76 bits per heavy atom. The molecule has 2 aromatic heterocycles. The average Bonchev–Trinajstić information content (AvgIpc) is 3.10. The van der Waals surface area contributed by atoms with E-state index in [1.54, 1.807) is 18.2 Å². The summed E-state index contributed by atoms with van der Waals surface area (Å²) in [5, 5.41) is 3.74. The molecule has 5 rings (SSSR count). The van der Waals surface area contributed by atoms with Crippen molar-refractivity contribution in [1.29, 1.82) is 0 Å². The number of anilines is 1. The molecule has 8 nitrogen and oxygen atoms in total. The van der Waals surface area contributed by atoms with Gasteiger partial charge in [-0.25, -0.2) is 4.98 Å². The van der Waals surface area contributed by atoms with Crippen molar-refractivity contribution in [2.24, 2.45) is 0 Å². The fourth-order valence-electron chi connectivity index (χ4n) is 3.23. The standard InChI is InChI=1S/C20H14ClN3O5/c21-12-7-15-16(28-6-5-27-15)8-13(12)23-17(25)9-24-10-22-18-11-3-1-2-4-14(11)29-19(18)20(24)26/h1-4,7-8,10H,5-6,9H2,(H,23,25). The smallest absolute Gasteiger partial charge is 0.297 e. The summed E-state index contributed by atoms with van der Waals surface area (Å²) in [6.45, 7) is 0.611. The molecule has 0 bridgehead atoms. The molecule has 0 radical (unpaired) electrons. The van der Waals surface area contributed by atoms with E-state index in [-0.39, 0.29) is 12.1 Å². The first-order chi connectivity index (χ1) is 14.1. The van der Waals surface area contributed by atoms with E-state index in [0.29, 0.717) is 46.5 Å². The number of hydrogen-bond acceptors (Lipinski definition) is 6. The average molecular weight is 412 g/mol. The van der Waals surface area contributed by atoms with E-state index in [0.717, 1.165) is 5.39 Å². The maximum absolute atomic E-state index is 12.7. The Bertz CT molecular complexity index is 1330. The summed E-state index contributed by atoms with van der Waals surface area (Å²) in [5.41, 5.74) is 1.08. The van der Waals surface area contributed by atoms with Crippen LogP contribution in [0.25, 0.3) is 22.1 Å². The summed E-state index contributed by atoms with van der Waals surface area (Å²) in [7, 11) is 0. The number of nitrogens with one attached hydrogen (secondary N) is 1. The lowest BCUT2D eigenvalue weighted by atomic mass is 10.2. The highest BCUT2D eigenvalue weighted by molar-refractivity contribution is 6.34.